The molecule has 5 nitrogen and oxygen atoms in total. The zero-order valence-electron chi connectivity index (χ0n) is 22.6. The first-order chi connectivity index (χ1) is 17.5. The number of hydrogen-bond donors (Lipinski definition) is 3. The number of aliphatic hydroxyl groups excluding tert-OH is 1. The fourth-order valence-electron chi connectivity index (χ4n) is 5.19. The summed E-state index contributed by atoms with van der Waals surface area (Å²) in [4.78, 5) is 12.5. The number of rotatable bonds is 11. The van der Waals surface area contributed by atoms with Gasteiger partial charge in [0.2, 0.25) is 5.91 Å². The highest BCUT2D eigenvalue weighted by Crippen LogP contribution is 2.38. The third-order valence-electron chi connectivity index (χ3n) is 7.36. The molecule has 0 aromatic heterocycles. The van der Waals surface area contributed by atoms with Crippen LogP contribution in [0.1, 0.15) is 76.0 Å². The van der Waals surface area contributed by atoms with Crippen LogP contribution in [-0.4, -0.2) is 43.4 Å². The van der Waals surface area contributed by atoms with Gasteiger partial charge in [-0.15, -0.1) is 0 Å². The maximum Gasteiger partial charge on any atom is 0.222 e. The molecule has 204 valence electrons. The number of methoxy groups -OCH3 is 1. The van der Waals surface area contributed by atoms with Crippen LogP contribution in [0.15, 0.2) is 42.5 Å². The van der Waals surface area contributed by atoms with Gasteiger partial charge in [-0.05, 0) is 53.5 Å². The van der Waals surface area contributed by atoms with Gasteiger partial charge in [0.25, 0.3) is 0 Å². The first-order valence-electron chi connectivity index (χ1n) is 13.3. The SMILES string of the molecule is COCCC(=O)NC(Cc1cc(F)cc(F)c1)C(O)CNC1(c2cccc(C(C)(C)C)c2)CCCCC1. The normalized spacial score (nSPS) is 17.3. The molecule has 1 amide bonds. The summed E-state index contributed by atoms with van der Waals surface area (Å²) >= 11 is 0. The first-order valence-corrected chi connectivity index (χ1v) is 13.3. The molecule has 37 heavy (non-hydrogen) atoms. The van der Waals surface area contributed by atoms with Crippen molar-refractivity contribution in [2.75, 3.05) is 20.3 Å². The molecule has 0 saturated heterocycles. The van der Waals surface area contributed by atoms with Crippen molar-refractivity contribution in [3.8, 4) is 0 Å². The van der Waals surface area contributed by atoms with E-state index in [1.165, 1.54) is 36.8 Å². The van der Waals surface area contributed by atoms with Gasteiger partial charge in [0.15, 0.2) is 0 Å². The Hall–Kier alpha value is -2.35. The fourth-order valence-corrected chi connectivity index (χ4v) is 5.19. The Morgan fingerprint density at radius 1 is 1.08 bits per heavy atom. The molecule has 1 aliphatic carbocycles. The van der Waals surface area contributed by atoms with Gasteiger partial charge in [-0.25, -0.2) is 8.78 Å². The van der Waals surface area contributed by atoms with Crippen LogP contribution in [0.2, 0.25) is 0 Å². The van der Waals surface area contributed by atoms with Gasteiger partial charge in [-0.1, -0.05) is 64.3 Å². The molecular formula is C30H42F2N2O3. The highest BCUT2D eigenvalue weighted by atomic mass is 19.1. The van der Waals surface area contributed by atoms with Crippen LogP contribution in [0.3, 0.4) is 0 Å². The average molecular weight is 517 g/mol. The second kappa shape index (κ2) is 12.9. The van der Waals surface area contributed by atoms with Crippen LogP contribution in [0.4, 0.5) is 8.78 Å². The van der Waals surface area contributed by atoms with E-state index >= 15 is 0 Å². The number of ether oxygens (including phenoxy) is 1. The molecule has 0 spiro atoms. The first kappa shape index (κ1) is 29.2. The molecule has 3 N–H and O–H groups in total. The Kier molecular flexibility index (Phi) is 10.2. The molecule has 3 rings (SSSR count). The topological polar surface area (TPSA) is 70.6 Å². The number of nitrogens with one attached hydrogen (secondary N) is 2. The van der Waals surface area contributed by atoms with Gasteiger partial charge in [0.1, 0.15) is 11.6 Å². The van der Waals surface area contributed by atoms with Crippen LogP contribution < -0.4 is 10.6 Å². The van der Waals surface area contributed by atoms with Crippen LogP contribution >= 0.6 is 0 Å². The van der Waals surface area contributed by atoms with E-state index in [0.29, 0.717) is 5.56 Å². The number of aliphatic hydroxyl groups is 1. The molecule has 7 heteroatoms. The Bertz CT molecular complexity index is 1010. The van der Waals surface area contributed by atoms with E-state index in [-0.39, 0.29) is 42.9 Å². The average Bonchev–Trinajstić information content (AvgIpc) is 2.85. The molecule has 2 unspecified atom stereocenters. The van der Waals surface area contributed by atoms with E-state index in [2.05, 4.69) is 55.7 Å². The van der Waals surface area contributed by atoms with E-state index < -0.39 is 23.8 Å². The van der Waals surface area contributed by atoms with Crippen LogP contribution in [0.5, 0.6) is 0 Å². The number of halogens is 2. The number of carbonyl (C=O) groups excluding carboxylic acids is 1. The molecule has 0 heterocycles. The summed E-state index contributed by atoms with van der Waals surface area (Å²) in [5.41, 5.74) is 2.58. The van der Waals surface area contributed by atoms with Crippen molar-refractivity contribution in [2.24, 2.45) is 0 Å². The Labute approximate surface area is 220 Å². The third-order valence-corrected chi connectivity index (χ3v) is 7.36. The second-order valence-electron chi connectivity index (χ2n) is 11.3. The van der Waals surface area contributed by atoms with Crippen molar-refractivity contribution in [1.82, 2.24) is 10.6 Å². The van der Waals surface area contributed by atoms with Crippen molar-refractivity contribution in [1.29, 1.82) is 0 Å². The fraction of sp³-hybridized carbons (Fsp3) is 0.567. The molecule has 1 saturated carbocycles. The summed E-state index contributed by atoms with van der Waals surface area (Å²) in [5.74, 6) is -1.66. The Morgan fingerprint density at radius 2 is 1.76 bits per heavy atom. The highest BCUT2D eigenvalue weighted by molar-refractivity contribution is 5.76. The number of amides is 1. The lowest BCUT2D eigenvalue weighted by Gasteiger charge is -2.41. The lowest BCUT2D eigenvalue weighted by molar-refractivity contribution is -0.123. The molecule has 0 aliphatic heterocycles. The third kappa shape index (κ3) is 8.32. The van der Waals surface area contributed by atoms with Gasteiger partial charge in [-0.3, -0.25) is 4.79 Å². The molecule has 2 atom stereocenters. The van der Waals surface area contributed by atoms with E-state index in [1.807, 2.05) is 0 Å². The Balaban J connectivity index is 1.81. The van der Waals surface area contributed by atoms with Gasteiger partial charge in [-0.2, -0.15) is 0 Å². The number of benzene rings is 2. The second-order valence-corrected chi connectivity index (χ2v) is 11.3. The standard InChI is InChI=1S/C30H42F2N2O3/c1-29(2,3)22-9-8-10-23(18-22)30(12-6-5-7-13-30)33-20-27(35)26(34-28(36)11-14-37-4)17-21-15-24(31)19-25(32)16-21/h8-10,15-16,18-19,26-27,33,35H,5-7,11-14,17,20H2,1-4H3,(H,34,36). The van der Waals surface area contributed by atoms with E-state index in [9.17, 15) is 18.7 Å². The maximum atomic E-state index is 13.8. The zero-order valence-corrected chi connectivity index (χ0v) is 22.6. The summed E-state index contributed by atoms with van der Waals surface area (Å²) < 4.78 is 32.7. The van der Waals surface area contributed by atoms with Gasteiger partial charge in [0.05, 0.1) is 18.8 Å². The predicted molar refractivity (Wildman–Crippen MR) is 142 cm³/mol. The van der Waals surface area contributed by atoms with Gasteiger partial charge in [0, 0.05) is 31.7 Å². The van der Waals surface area contributed by atoms with Crippen LogP contribution in [0, 0.1) is 11.6 Å². The van der Waals surface area contributed by atoms with Gasteiger partial charge < -0.3 is 20.5 Å². The molecule has 0 bridgehead atoms. The molecule has 0 radical (unpaired) electrons. The summed E-state index contributed by atoms with van der Waals surface area (Å²) in [6.07, 6.45) is 4.51. The van der Waals surface area contributed by atoms with Crippen molar-refractivity contribution in [2.45, 2.75) is 88.8 Å². The Morgan fingerprint density at radius 3 is 2.38 bits per heavy atom. The van der Waals surface area contributed by atoms with Gasteiger partial charge >= 0.3 is 0 Å². The molecule has 2 aromatic carbocycles. The lowest BCUT2D eigenvalue weighted by Crippen LogP contribution is -2.53. The summed E-state index contributed by atoms with van der Waals surface area (Å²) in [6, 6.07) is 11.2. The highest BCUT2D eigenvalue weighted by Gasteiger charge is 2.35. The smallest absolute Gasteiger partial charge is 0.222 e. The minimum atomic E-state index is -0.970. The predicted octanol–water partition coefficient (Wildman–Crippen LogP) is 5.14. The van der Waals surface area contributed by atoms with E-state index in [4.69, 9.17) is 4.74 Å². The minimum Gasteiger partial charge on any atom is -0.390 e. The molecular weight excluding hydrogens is 474 g/mol. The molecule has 1 aliphatic rings. The van der Waals surface area contributed by atoms with Crippen molar-refractivity contribution < 1.29 is 23.4 Å². The van der Waals surface area contributed by atoms with E-state index in [1.54, 1.807) is 0 Å². The molecule has 1 fully saturated rings. The van der Waals surface area contributed by atoms with Crippen molar-refractivity contribution in [3.05, 3.63) is 70.8 Å². The largest absolute Gasteiger partial charge is 0.390 e. The van der Waals surface area contributed by atoms with Crippen LogP contribution in [0.25, 0.3) is 0 Å². The number of hydrogen-bond acceptors (Lipinski definition) is 4. The monoisotopic (exact) mass is 516 g/mol. The van der Waals surface area contributed by atoms with Crippen molar-refractivity contribution in [3.63, 3.8) is 0 Å². The minimum absolute atomic E-state index is 0.0171. The van der Waals surface area contributed by atoms with Crippen molar-refractivity contribution >= 4 is 5.91 Å². The van der Waals surface area contributed by atoms with E-state index in [0.717, 1.165) is 31.7 Å². The lowest BCUT2D eigenvalue weighted by atomic mass is 9.74. The van der Waals surface area contributed by atoms with Crippen LogP contribution in [-0.2, 0) is 26.9 Å². The zero-order chi connectivity index (χ0) is 27.1. The summed E-state index contributed by atoms with van der Waals surface area (Å²) in [5, 5.41) is 17.8. The summed E-state index contributed by atoms with van der Waals surface area (Å²) in [6.45, 7) is 7.07. The number of carbonyl (C=O) groups is 1. The maximum absolute atomic E-state index is 13.8. The summed E-state index contributed by atoms with van der Waals surface area (Å²) in [7, 11) is 1.51. The molecule has 2 aromatic rings. The quantitative estimate of drug-likeness (QED) is 0.387.